The van der Waals surface area contributed by atoms with Gasteiger partial charge in [0, 0.05) is 0 Å². The van der Waals surface area contributed by atoms with Crippen molar-refractivity contribution in [3.05, 3.63) is 23.9 Å². The van der Waals surface area contributed by atoms with Crippen molar-refractivity contribution in [2.75, 3.05) is 0 Å². The van der Waals surface area contributed by atoms with Crippen molar-refractivity contribution in [1.29, 1.82) is 0 Å². The maximum atomic E-state index is 4.56. The number of pyridine rings is 1. The summed E-state index contributed by atoms with van der Waals surface area (Å²) >= 11 is 2.28. The second-order valence-corrected chi connectivity index (χ2v) is 10.9. The van der Waals surface area contributed by atoms with Crippen LogP contribution in [0.3, 0.4) is 0 Å². The van der Waals surface area contributed by atoms with E-state index in [1.54, 1.807) is 0 Å². The first-order chi connectivity index (χ1) is 6.77. The average Bonchev–Trinajstić information content (AvgIpc) is 2.17. The van der Waals surface area contributed by atoms with E-state index >= 15 is 0 Å². The Hall–Kier alpha value is -0.0357. The van der Waals surface area contributed by atoms with Crippen LogP contribution < -0.4 is 5.32 Å². The van der Waals surface area contributed by atoms with Gasteiger partial charge in [0.25, 0.3) is 0 Å². The third-order valence-corrected chi connectivity index (χ3v) is 6.63. The summed E-state index contributed by atoms with van der Waals surface area (Å²) in [7, 11) is -1.27. The first-order valence-electron chi connectivity index (χ1n) is 5.74. The van der Waals surface area contributed by atoms with Crippen LogP contribution >= 0.6 is 0 Å². The Kier molecular flexibility index (Phi) is 3.87. The molecule has 1 rings (SSSR count). The predicted octanol–water partition coefficient (Wildman–Crippen LogP) is 2.42. The van der Waals surface area contributed by atoms with Crippen molar-refractivity contribution in [3.8, 4) is 0 Å². The normalized spacial score (nSPS) is 13.0. The fourth-order valence-electron chi connectivity index (χ4n) is 1.45. The SMILES string of the molecule is [Li][CH2][Si](C)(C)c1cc(C(C)(C)C)ccn1. The molecule has 1 aromatic rings. The summed E-state index contributed by atoms with van der Waals surface area (Å²) in [6.07, 6.45) is 1.97. The Labute approximate surface area is 104 Å². The van der Waals surface area contributed by atoms with Crippen LogP contribution in [-0.4, -0.2) is 30.8 Å². The quantitative estimate of drug-likeness (QED) is 0.688. The van der Waals surface area contributed by atoms with Crippen molar-refractivity contribution in [1.82, 2.24) is 4.98 Å². The predicted molar refractivity (Wildman–Crippen MR) is 70.6 cm³/mol. The summed E-state index contributed by atoms with van der Waals surface area (Å²) in [6.45, 7) is 11.6. The molecule has 0 saturated carbocycles. The third kappa shape index (κ3) is 3.21. The van der Waals surface area contributed by atoms with Crippen molar-refractivity contribution in [3.63, 3.8) is 0 Å². The molecule has 78 valence electrons. The van der Waals surface area contributed by atoms with Crippen LogP contribution in [0, 0.1) is 0 Å². The molecular formula is C12H20LiNSi. The summed E-state index contributed by atoms with van der Waals surface area (Å²) in [5, 5.41) is 1.34. The van der Waals surface area contributed by atoms with E-state index in [4.69, 9.17) is 0 Å². The van der Waals surface area contributed by atoms with E-state index in [0.717, 1.165) is 0 Å². The van der Waals surface area contributed by atoms with E-state index in [2.05, 4.69) is 68.7 Å². The topological polar surface area (TPSA) is 12.9 Å². The van der Waals surface area contributed by atoms with Crippen LogP contribution in [0.2, 0.25) is 17.8 Å². The molecule has 0 amide bonds. The van der Waals surface area contributed by atoms with Crippen LogP contribution in [0.1, 0.15) is 26.3 Å². The van der Waals surface area contributed by atoms with Crippen LogP contribution in [0.25, 0.3) is 0 Å². The average molecular weight is 213 g/mol. The molecule has 0 saturated heterocycles. The molecule has 0 aliphatic carbocycles. The molecule has 0 unspecified atom stereocenters. The van der Waals surface area contributed by atoms with Crippen LogP contribution in [0.5, 0.6) is 0 Å². The summed E-state index contributed by atoms with van der Waals surface area (Å²) in [4.78, 5) is 4.56. The van der Waals surface area contributed by atoms with Gasteiger partial charge in [-0.1, -0.05) is 0 Å². The first kappa shape index (κ1) is 13.0. The molecule has 0 bridgehead atoms. The molecule has 0 aliphatic heterocycles. The van der Waals surface area contributed by atoms with Crippen molar-refractivity contribution in [2.45, 2.75) is 44.0 Å². The van der Waals surface area contributed by atoms with Crippen molar-refractivity contribution < 1.29 is 0 Å². The molecule has 3 heteroatoms. The van der Waals surface area contributed by atoms with Crippen LogP contribution in [0.4, 0.5) is 0 Å². The zero-order valence-electron chi connectivity index (χ0n) is 10.9. The molecule has 1 aromatic heterocycles. The van der Waals surface area contributed by atoms with Crippen LogP contribution in [-0.2, 0) is 5.41 Å². The van der Waals surface area contributed by atoms with Gasteiger partial charge in [0.1, 0.15) is 0 Å². The molecule has 0 aromatic carbocycles. The minimum absolute atomic E-state index is 0.232. The maximum absolute atomic E-state index is 4.56. The van der Waals surface area contributed by atoms with Gasteiger partial charge in [0.2, 0.25) is 0 Å². The number of aromatic nitrogens is 1. The van der Waals surface area contributed by atoms with Gasteiger partial charge >= 0.3 is 104 Å². The second kappa shape index (κ2) is 4.45. The summed E-state index contributed by atoms with van der Waals surface area (Å²) in [6, 6.07) is 4.46. The third-order valence-electron chi connectivity index (χ3n) is 3.20. The van der Waals surface area contributed by atoms with Crippen molar-refractivity contribution in [2.24, 2.45) is 0 Å². The van der Waals surface area contributed by atoms with Gasteiger partial charge in [-0.3, -0.25) is 0 Å². The van der Waals surface area contributed by atoms with E-state index in [-0.39, 0.29) is 5.41 Å². The van der Waals surface area contributed by atoms with Gasteiger partial charge in [-0.2, -0.15) is 0 Å². The van der Waals surface area contributed by atoms with Crippen LogP contribution in [0.15, 0.2) is 18.3 Å². The fraction of sp³-hybridized carbons (Fsp3) is 0.583. The molecule has 1 nitrogen and oxygen atoms in total. The standard InChI is InChI=1S/C12H20NSi.Li/c1-12(2,3)10-7-8-13-11(9-10)14(4,5)6;/h7-9H,4H2,1-3,5-6H3;. The molecule has 0 N–H and O–H groups in total. The van der Waals surface area contributed by atoms with Gasteiger partial charge in [0.15, 0.2) is 0 Å². The molecular weight excluding hydrogens is 193 g/mol. The molecule has 0 radical (unpaired) electrons. The number of nitrogens with zero attached hydrogens (tertiary/aromatic N) is 1. The number of hydrogen-bond donors (Lipinski definition) is 0. The van der Waals surface area contributed by atoms with E-state index in [9.17, 15) is 0 Å². The van der Waals surface area contributed by atoms with Gasteiger partial charge in [-0.15, -0.1) is 0 Å². The zero-order valence-corrected chi connectivity index (χ0v) is 11.9. The Bertz CT molecular complexity index is 342. The number of hydrogen-bond acceptors (Lipinski definition) is 1. The molecule has 0 spiro atoms. The van der Waals surface area contributed by atoms with E-state index < -0.39 is 8.07 Å². The molecule has 1 heterocycles. The summed E-state index contributed by atoms with van der Waals surface area (Å²) < 4.78 is 1.26. The number of rotatable bonds is 2. The van der Waals surface area contributed by atoms with Gasteiger partial charge in [0.05, 0.1) is 0 Å². The van der Waals surface area contributed by atoms with Gasteiger partial charge < -0.3 is 0 Å². The first-order valence-corrected chi connectivity index (χ1v) is 8.95. The molecule has 0 atom stereocenters. The Morgan fingerprint density at radius 1 is 1.33 bits per heavy atom. The molecule has 15 heavy (non-hydrogen) atoms. The fourth-order valence-corrected chi connectivity index (χ4v) is 2.78. The van der Waals surface area contributed by atoms with E-state index in [1.165, 1.54) is 15.6 Å². The Morgan fingerprint density at radius 3 is 2.40 bits per heavy atom. The zero-order chi connectivity index (χ0) is 11.7. The molecule has 0 fully saturated rings. The monoisotopic (exact) mass is 213 g/mol. The Balaban J connectivity index is 3.14. The van der Waals surface area contributed by atoms with E-state index in [1.807, 2.05) is 6.20 Å². The summed E-state index contributed by atoms with van der Waals surface area (Å²) in [5.41, 5.74) is 1.64. The van der Waals surface area contributed by atoms with Gasteiger partial charge in [-0.05, 0) is 0 Å². The Morgan fingerprint density at radius 2 is 1.93 bits per heavy atom. The minimum atomic E-state index is -1.27. The second-order valence-electron chi connectivity index (χ2n) is 5.92. The molecule has 0 aliphatic rings. The summed E-state index contributed by atoms with van der Waals surface area (Å²) in [5.74, 6) is 0. The van der Waals surface area contributed by atoms with Gasteiger partial charge in [-0.25, -0.2) is 0 Å². The van der Waals surface area contributed by atoms with Crippen molar-refractivity contribution >= 4 is 31.1 Å². The van der Waals surface area contributed by atoms with E-state index in [0.29, 0.717) is 0 Å².